The molecule has 2 N–H and O–H groups in total. The number of aromatic nitrogens is 2. The maximum atomic E-state index is 12.4. The SMILES string of the molecule is CC(Sc1ncc(CO)n1C)C(=O)NC1CCCC(C)C1C. The van der Waals surface area contributed by atoms with Crippen LogP contribution in [-0.4, -0.2) is 31.9 Å². The zero-order valence-corrected chi connectivity index (χ0v) is 14.7. The molecule has 5 nitrogen and oxygen atoms in total. The molecule has 2 rings (SSSR count). The quantitative estimate of drug-likeness (QED) is 0.816. The second-order valence-corrected chi connectivity index (χ2v) is 7.70. The standard InChI is InChI=1S/C16H27N3O2S/c1-10-6-5-7-14(11(10)2)18-15(21)12(3)22-16-17-8-13(9-20)19(16)4/h8,10-12,14,20H,5-7,9H2,1-4H3,(H,18,21). The van der Waals surface area contributed by atoms with Gasteiger partial charge in [0.25, 0.3) is 0 Å². The lowest BCUT2D eigenvalue weighted by Crippen LogP contribution is -2.46. The summed E-state index contributed by atoms with van der Waals surface area (Å²) in [5.74, 6) is 1.28. The molecule has 0 saturated heterocycles. The molecule has 4 atom stereocenters. The van der Waals surface area contributed by atoms with Crippen LogP contribution in [0.25, 0.3) is 0 Å². The third-order valence-electron chi connectivity index (χ3n) is 4.89. The first-order valence-corrected chi connectivity index (χ1v) is 8.90. The Morgan fingerprint density at radius 3 is 2.91 bits per heavy atom. The van der Waals surface area contributed by atoms with Crippen molar-refractivity contribution in [3.63, 3.8) is 0 Å². The number of rotatable bonds is 5. The molecule has 0 aliphatic heterocycles. The minimum Gasteiger partial charge on any atom is -0.390 e. The largest absolute Gasteiger partial charge is 0.390 e. The van der Waals surface area contributed by atoms with Gasteiger partial charge in [0, 0.05) is 13.1 Å². The molecule has 0 radical (unpaired) electrons. The molecule has 6 heteroatoms. The summed E-state index contributed by atoms with van der Waals surface area (Å²) in [5, 5.41) is 13.0. The summed E-state index contributed by atoms with van der Waals surface area (Å²) in [6.07, 6.45) is 5.18. The van der Waals surface area contributed by atoms with Crippen molar-refractivity contribution >= 4 is 17.7 Å². The Morgan fingerprint density at radius 1 is 1.55 bits per heavy atom. The number of nitrogens with zero attached hydrogens (tertiary/aromatic N) is 2. The predicted octanol–water partition coefficient (Wildman–Crippen LogP) is 2.33. The highest BCUT2D eigenvalue weighted by Gasteiger charge is 2.29. The second kappa shape index (κ2) is 7.51. The topological polar surface area (TPSA) is 67.2 Å². The lowest BCUT2D eigenvalue weighted by Gasteiger charge is -2.35. The van der Waals surface area contributed by atoms with E-state index in [0.717, 1.165) is 17.3 Å². The minimum absolute atomic E-state index is 0.0396. The van der Waals surface area contributed by atoms with Crippen molar-refractivity contribution in [2.24, 2.45) is 18.9 Å². The lowest BCUT2D eigenvalue weighted by molar-refractivity contribution is -0.121. The zero-order valence-electron chi connectivity index (χ0n) is 13.9. The van der Waals surface area contributed by atoms with E-state index in [1.54, 1.807) is 6.20 Å². The third kappa shape index (κ3) is 3.84. The molecule has 0 spiro atoms. The molecule has 1 saturated carbocycles. The third-order valence-corrected chi connectivity index (χ3v) is 6.05. The number of nitrogens with one attached hydrogen (secondary N) is 1. The highest BCUT2D eigenvalue weighted by atomic mass is 32.2. The van der Waals surface area contributed by atoms with Gasteiger partial charge >= 0.3 is 0 Å². The van der Waals surface area contributed by atoms with Crippen LogP contribution in [0.4, 0.5) is 0 Å². The zero-order chi connectivity index (χ0) is 16.3. The van der Waals surface area contributed by atoms with E-state index in [4.69, 9.17) is 0 Å². The number of carbonyl (C=O) groups is 1. The Labute approximate surface area is 136 Å². The number of amides is 1. The normalized spacial score (nSPS) is 26.7. The van der Waals surface area contributed by atoms with Gasteiger partial charge in [0.1, 0.15) is 0 Å². The minimum atomic E-state index is -0.197. The van der Waals surface area contributed by atoms with E-state index in [0.29, 0.717) is 11.8 Å². The fourth-order valence-corrected chi connectivity index (χ4v) is 3.86. The average Bonchev–Trinajstić information content (AvgIpc) is 2.84. The van der Waals surface area contributed by atoms with Gasteiger partial charge < -0.3 is 15.0 Å². The molecule has 4 unspecified atom stereocenters. The number of aliphatic hydroxyl groups is 1. The molecule has 1 heterocycles. The summed E-state index contributed by atoms with van der Waals surface area (Å²) in [4.78, 5) is 16.7. The van der Waals surface area contributed by atoms with Crippen LogP contribution in [0, 0.1) is 11.8 Å². The summed E-state index contributed by atoms with van der Waals surface area (Å²) in [6.45, 7) is 6.37. The highest BCUT2D eigenvalue weighted by Crippen LogP contribution is 2.30. The van der Waals surface area contributed by atoms with Gasteiger partial charge in [0.2, 0.25) is 5.91 Å². The summed E-state index contributed by atoms with van der Waals surface area (Å²) in [5.41, 5.74) is 0.754. The van der Waals surface area contributed by atoms with E-state index in [1.165, 1.54) is 24.6 Å². The molecule has 1 amide bonds. The van der Waals surface area contributed by atoms with Gasteiger partial charge in [-0.1, -0.05) is 38.5 Å². The number of imidazole rings is 1. The summed E-state index contributed by atoms with van der Waals surface area (Å²) in [6, 6.07) is 0.286. The van der Waals surface area contributed by atoms with Crippen LogP contribution in [0.1, 0.15) is 45.7 Å². The second-order valence-electron chi connectivity index (χ2n) is 6.39. The number of aliphatic hydroxyl groups excluding tert-OH is 1. The molecule has 1 aromatic rings. The number of thioether (sulfide) groups is 1. The maximum Gasteiger partial charge on any atom is 0.233 e. The molecular weight excluding hydrogens is 298 g/mol. The first-order valence-electron chi connectivity index (χ1n) is 8.02. The summed E-state index contributed by atoms with van der Waals surface area (Å²) in [7, 11) is 1.86. The molecular formula is C16H27N3O2S. The van der Waals surface area contributed by atoms with Crippen molar-refractivity contribution in [1.82, 2.24) is 14.9 Å². The Bertz CT molecular complexity index is 517. The van der Waals surface area contributed by atoms with Crippen molar-refractivity contribution in [1.29, 1.82) is 0 Å². The fourth-order valence-electron chi connectivity index (χ4n) is 2.98. The van der Waals surface area contributed by atoms with Crippen LogP contribution >= 0.6 is 11.8 Å². The van der Waals surface area contributed by atoms with Crippen LogP contribution < -0.4 is 5.32 Å². The van der Waals surface area contributed by atoms with E-state index >= 15 is 0 Å². The molecule has 1 fully saturated rings. The first-order chi connectivity index (χ1) is 10.4. The molecule has 124 valence electrons. The van der Waals surface area contributed by atoms with Gasteiger partial charge in [-0.3, -0.25) is 4.79 Å². The Morgan fingerprint density at radius 2 is 2.27 bits per heavy atom. The van der Waals surface area contributed by atoms with Crippen molar-refractivity contribution in [3.8, 4) is 0 Å². The van der Waals surface area contributed by atoms with Crippen molar-refractivity contribution < 1.29 is 9.90 Å². The molecule has 0 bridgehead atoms. The van der Waals surface area contributed by atoms with Crippen molar-refractivity contribution in [3.05, 3.63) is 11.9 Å². The molecule has 1 aliphatic rings. The molecule has 0 aromatic carbocycles. The van der Waals surface area contributed by atoms with E-state index in [2.05, 4.69) is 24.1 Å². The van der Waals surface area contributed by atoms with Crippen LogP contribution in [-0.2, 0) is 18.4 Å². The molecule has 1 aromatic heterocycles. The van der Waals surface area contributed by atoms with Gasteiger partial charge in [-0.2, -0.15) is 0 Å². The average molecular weight is 325 g/mol. The predicted molar refractivity (Wildman–Crippen MR) is 88.6 cm³/mol. The van der Waals surface area contributed by atoms with Crippen molar-refractivity contribution in [2.75, 3.05) is 0 Å². The van der Waals surface area contributed by atoms with Crippen LogP contribution in [0.15, 0.2) is 11.4 Å². The van der Waals surface area contributed by atoms with Crippen molar-refractivity contribution in [2.45, 2.75) is 63.1 Å². The van der Waals surface area contributed by atoms with Crippen LogP contribution in [0.5, 0.6) is 0 Å². The number of hydrogen-bond donors (Lipinski definition) is 2. The first kappa shape index (κ1) is 17.3. The number of carbonyl (C=O) groups excluding carboxylic acids is 1. The van der Waals surface area contributed by atoms with Crippen LogP contribution in [0.3, 0.4) is 0 Å². The molecule has 22 heavy (non-hydrogen) atoms. The lowest BCUT2D eigenvalue weighted by atomic mass is 9.78. The summed E-state index contributed by atoms with van der Waals surface area (Å²) < 4.78 is 1.83. The van der Waals surface area contributed by atoms with Gasteiger partial charge in [0.15, 0.2) is 5.16 Å². The maximum absolute atomic E-state index is 12.4. The monoisotopic (exact) mass is 325 g/mol. The Kier molecular flexibility index (Phi) is 5.92. The smallest absolute Gasteiger partial charge is 0.233 e. The van der Waals surface area contributed by atoms with E-state index in [1.807, 2.05) is 18.5 Å². The summed E-state index contributed by atoms with van der Waals surface area (Å²) >= 11 is 1.43. The van der Waals surface area contributed by atoms with Gasteiger partial charge in [-0.05, 0) is 25.2 Å². The fraction of sp³-hybridized carbons (Fsp3) is 0.750. The van der Waals surface area contributed by atoms with Gasteiger partial charge in [0.05, 0.1) is 23.7 Å². The Balaban J connectivity index is 1.93. The number of hydrogen-bond acceptors (Lipinski definition) is 4. The van der Waals surface area contributed by atoms with E-state index in [9.17, 15) is 9.90 Å². The van der Waals surface area contributed by atoms with Gasteiger partial charge in [-0.15, -0.1) is 0 Å². The van der Waals surface area contributed by atoms with E-state index in [-0.39, 0.29) is 23.8 Å². The Hall–Kier alpha value is -1.01. The van der Waals surface area contributed by atoms with E-state index < -0.39 is 0 Å². The molecule has 1 aliphatic carbocycles. The van der Waals surface area contributed by atoms with Crippen LogP contribution in [0.2, 0.25) is 0 Å². The van der Waals surface area contributed by atoms with Gasteiger partial charge in [-0.25, -0.2) is 4.98 Å². The highest BCUT2D eigenvalue weighted by molar-refractivity contribution is 8.00.